The topological polar surface area (TPSA) is 180 Å². The molecule has 0 saturated carbocycles. The molecule has 1 saturated heterocycles. The molecule has 0 unspecified atom stereocenters. The molecule has 0 bridgehead atoms. The highest BCUT2D eigenvalue weighted by Gasteiger charge is 2.53. The first-order valence-corrected chi connectivity index (χ1v) is 14.9. The van der Waals surface area contributed by atoms with Gasteiger partial charge in [0.15, 0.2) is 23.6 Å². The van der Waals surface area contributed by atoms with Gasteiger partial charge in [-0.1, -0.05) is 24.3 Å². The van der Waals surface area contributed by atoms with E-state index in [0.29, 0.717) is 0 Å². The molecule has 45 heavy (non-hydrogen) atoms. The van der Waals surface area contributed by atoms with Gasteiger partial charge in [-0.2, -0.15) is 0 Å². The van der Waals surface area contributed by atoms with Gasteiger partial charge in [0.25, 0.3) is 5.91 Å². The molecule has 5 N–H and O–H groups in total. The molecule has 2 amide bonds. The first-order valence-electron chi connectivity index (χ1n) is 13.8. The smallest absolute Gasteiger partial charge is 0.404 e. The number of anilines is 1. The van der Waals surface area contributed by atoms with Gasteiger partial charge in [-0.3, -0.25) is 4.79 Å². The van der Waals surface area contributed by atoms with Gasteiger partial charge in [-0.05, 0) is 90.9 Å². The molecule has 2 heterocycles. The Morgan fingerprint density at radius 3 is 2.44 bits per heavy atom. The lowest BCUT2D eigenvalue weighted by Gasteiger charge is -2.47. The Balaban J connectivity index is 1.42. The molecule has 13 heteroatoms. The summed E-state index contributed by atoms with van der Waals surface area (Å²) in [5.74, 6) is -0.970. The molecule has 1 aliphatic rings. The standard InChI is InChI=1S/C32H31IN2O10/c1-15-21(42-30-24(37)26(44-31(34)40)27(41-4)32(2,3)45-30)13-12-20-23(36)22(29(39)43-25(15)20)35-28(38)18-7-5-6-17(14-18)16-8-10-19(33)11-9-16/h5-14,24,26-27,30,36-37H,1-4H3,(H2,34,40)(H,35,38)/t24-,26+,27-,30-/m1/s1. The van der Waals surface area contributed by atoms with Crippen molar-refractivity contribution in [3.63, 3.8) is 0 Å². The molecule has 12 nitrogen and oxygen atoms in total. The molecule has 0 aliphatic carbocycles. The molecule has 1 aliphatic heterocycles. The lowest BCUT2D eigenvalue weighted by atomic mass is 9.89. The summed E-state index contributed by atoms with van der Waals surface area (Å²) in [6, 6.07) is 17.6. The number of hydrogen-bond donors (Lipinski definition) is 4. The van der Waals surface area contributed by atoms with Crippen LogP contribution in [-0.2, 0) is 14.2 Å². The van der Waals surface area contributed by atoms with Crippen LogP contribution in [0.15, 0.2) is 69.9 Å². The van der Waals surface area contributed by atoms with E-state index in [9.17, 15) is 24.6 Å². The number of carbonyl (C=O) groups is 2. The number of nitrogens with one attached hydrogen (secondary N) is 1. The Labute approximate surface area is 271 Å². The number of rotatable bonds is 7. The van der Waals surface area contributed by atoms with E-state index in [2.05, 4.69) is 27.9 Å². The van der Waals surface area contributed by atoms with Crippen LogP contribution in [-0.4, -0.2) is 59.5 Å². The number of methoxy groups -OCH3 is 1. The number of aliphatic hydroxyl groups is 1. The van der Waals surface area contributed by atoms with Crippen LogP contribution < -0.4 is 21.4 Å². The predicted molar refractivity (Wildman–Crippen MR) is 172 cm³/mol. The Hall–Kier alpha value is -4.18. The number of aromatic hydroxyl groups is 1. The molecule has 236 valence electrons. The van der Waals surface area contributed by atoms with Gasteiger partial charge in [0.1, 0.15) is 17.4 Å². The van der Waals surface area contributed by atoms with E-state index < -0.39 is 59.3 Å². The number of hydrogen-bond acceptors (Lipinski definition) is 10. The minimum Gasteiger partial charge on any atom is -0.505 e. The zero-order chi connectivity index (χ0) is 32.6. The first-order chi connectivity index (χ1) is 21.3. The normalized spacial score (nSPS) is 20.8. The van der Waals surface area contributed by atoms with Crippen molar-refractivity contribution in [2.45, 2.75) is 51.0 Å². The van der Waals surface area contributed by atoms with Crippen molar-refractivity contribution in [3.8, 4) is 22.6 Å². The third-order valence-corrected chi connectivity index (χ3v) is 8.28. The van der Waals surface area contributed by atoms with Gasteiger partial charge in [0.2, 0.25) is 6.29 Å². The van der Waals surface area contributed by atoms with Gasteiger partial charge in [0, 0.05) is 21.8 Å². The number of halogens is 1. The number of ether oxygens (including phenoxy) is 4. The van der Waals surface area contributed by atoms with Crippen LogP contribution in [0.25, 0.3) is 22.1 Å². The van der Waals surface area contributed by atoms with Crippen LogP contribution >= 0.6 is 22.6 Å². The average molecular weight is 731 g/mol. The number of benzene rings is 3. The highest BCUT2D eigenvalue weighted by atomic mass is 127. The van der Waals surface area contributed by atoms with Crippen molar-refractivity contribution >= 4 is 51.2 Å². The van der Waals surface area contributed by atoms with E-state index in [4.69, 9.17) is 29.1 Å². The summed E-state index contributed by atoms with van der Waals surface area (Å²) in [5.41, 5.74) is 4.98. The fourth-order valence-electron chi connectivity index (χ4n) is 5.34. The fourth-order valence-corrected chi connectivity index (χ4v) is 5.70. The minimum absolute atomic E-state index is 0.0158. The molecule has 5 rings (SSSR count). The van der Waals surface area contributed by atoms with Crippen molar-refractivity contribution in [1.29, 1.82) is 0 Å². The zero-order valence-electron chi connectivity index (χ0n) is 24.7. The van der Waals surface area contributed by atoms with Gasteiger partial charge in [-0.15, -0.1) is 0 Å². The van der Waals surface area contributed by atoms with E-state index in [0.717, 1.165) is 14.7 Å². The van der Waals surface area contributed by atoms with Crippen molar-refractivity contribution in [1.82, 2.24) is 0 Å². The highest BCUT2D eigenvalue weighted by molar-refractivity contribution is 14.1. The number of fused-ring (bicyclic) bond motifs is 1. The largest absolute Gasteiger partial charge is 0.505 e. The maximum absolute atomic E-state index is 13.1. The Morgan fingerprint density at radius 1 is 1.07 bits per heavy atom. The maximum atomic E-state index is 13.1. The van der Waals surface area contributed by atoms with E-state index in [1.807, 2.05) is 30.3 Å². The van der Waals surface area contributed by atoms with Gasteiger partial charge in [0.05, 0.1) is 11.0 Å². The summed E-state index contributed by atoms with van der Waals surface area (Å²) in [6.07, 6.45) is -6.05. The van der Waals surface area contributed by atoms with E-state index in [1.165, 1.54) is 19.2 Å². The van der Waals surface area contributed by atoms with Crippen molar-refractivity contribution in [2.24, 2.45) is 5.73 Å². The third kappa shape index (κ3) is 6.47. The molecule has 0 spiro atoms. The lowest BCUT2D eigenvalue weighted by Crippen LogP contribution is -2.65. The second-order valence-electron chi connectivity index (χ2n) is 11.0. The van der Waals surface area contributed by atoms with Gasteiger partial charge < -0.3 is 44.6 Å². The Bertz CT molecular complexity index is 1820. The SMILES string of the molecule is CO[C@@H]1[C@@H](OC(N)=O)[C@@H](O)[C@H](Oc2ccc3c(O)c(NC(=O)c4cccc(-c5ccc(I)cc5)c4)c(=O)oc3c2C)OC1(C)C. The van der Waals surface area contributed by atoms with Gasteiger partial charge in [-0.25, -0.2) is 9.59 Å². The summed E-state index contributed by atoms with van der Waals surface area (Å²) < 4.78 is 29.1. The fraction of sp³-hybridized carbons (Fsp3) is 0.281. The van der Waals surface area contributed by atoms with E-state index >= 15 is 0 Å². The molecule has 4 aromatic rings. The van der Waals surface area contributed by atoms with Crippen LogP contribution in [0.2, 0.25) is 0 Å². The van der Waals surface area contributed by atoms with Gasteiger partial charge >= 0.3 is 11.7 Å². The minimum atomic E-state index is -1.51. The van der Waals surface area contributed by atoms with Crippen LogP contribution in [0.4, 0.5) is 10.5 Å². The molecule has 4 atom stereocenters. The number of primary amides is 1. The summed E-state index contributed by atoms with van der Waals surface area (Å²) >= 11 is 2.21. The van der Waals surface area contributed by atoms with E-state index in [-0.39, 0.29) is 27.8 Å². The Kier molecular flexibility index (Phi) is 9.07. The Morgan fingerprint density at radius 2 is 1.78 bits per heavy atom. The number of aryl methyl sites for hydroxylation is 1. The van der Waals surface area contributed by atoms with Crippen LogP contribution in [0, 0.1) is 10.5 Å². The molecular formula is C32H31IN2O10. The summed E-state index contributed by atoms with van der Waals surface area (Å²) in [5, 5.41) is 24.6. The molecule has 1 fully saturated rings. The lowest BCUT2D eigenvalue weighted by molar-refractivity contribution is -0.304. The quantitative estimate of drug-likeness (QED) is 0.154. The maximum Gasteiger partial charge on any atom is 0.404 e. The molecular weight excluding hydrogens is 699 g/mol. The second kappa shape index (κ2) is 12.7. The summed E-state index contributed by atoms with van der Waals surface area (Å²) in [4.78, 5) is 37.7. The molecule has 1 aromatic heterocycles. The van der Waals surface area contributed by atoms with Crippen molar-refractivity contribution in [3.05, 3.63) is 85.8 Å². The monoisotopic (exact) mass is 730 g/mol. The van der Waals surface area contributed by atoms with Crippen LogP contribution in [0.5, 0.6) is 11.5 Å². The third-order valence-electron chi connectivity index (χ3n) is 7.56. The van der Waals surface area contributed by atoms with Crippen LogP contribution in [0.1, 0.15) is 29.8 Å². The number of nitrogens with two attached hydrogens (primary N) is 1. The molecule has 0 radical (unpaired) electrons. The van der Waals surface area contributed by atoms with E-state index in [1.54, 1.807) is 39.0 Å². The second-order valence-corrected chi connectivity index (χ2v) is 12.2. The van der Waals surface area contributed by atoms with Crippen LogP contribution in [0.3, 0.4) is 0 Å². The summed E-state index contributed by atoms with van der Waals surface area (Å²) in [6.45, 7) is 4.91. The van der Waals surface area contributed by atoms with Crippen molar-refractivity contribution < 1.29 is 43.2 Å². The predicted octanol–water partition coefficient (Wildman–Crippen LogP) is 4.68. The number of amides is 2. The average Bonchev–Trinajstić information content (AvgIpc) is 2.99. The van der Waals surface area contributed by atoms with Crippen molar-refractivity contribution in [2.75, 3.05) is 12.4 Å². The number of carbonyl (C=O) groups excluding carboxylic acids is 2. The summed E-state index contributed by atoms with van der Waals surface area (Å²) in [7, 11) is 1.38. The number of aliphatic hydroxyl groups excluding tert-OH is 1. The first kappa shape index (κ1) is 32.2. The zero-order valence-corrected chi connectivity index (χ0v) is 26.9. The molecule has 3 aromatic carbocycles. The highest BCUT2D eigenvalue weighted by Crippen LogP contribution is 2.38.